The second kappa shape index (κ2) is 9.00. The molecule has 6 heteroatoms. The van der Waals surface area contributed by atoms with Crippen molar-refractivity contribution in [2.45, 2.75) is 13.0 Å². The smallest absolute Gasteiger partial charge is 0.255 e. The lowest BCUT2D eigenvalue weighted by Gasteiger charge is -2.32. The monoisotopic (exact) mass is 418 g/mol. The van der Waals surface area contributed by atoms with E-state index >= 15 is 0 Å². The van der Waals surface area contributed by atoms with Gasteiger partial charge in [0.05, 0.1) is 32.7 Å². The molecular weight excluding hydrogens is 392 g/mol. The Morgan fingerprint density at radius 1 is 0.871 bits per heavy atom. The number of hydrogen-bond donors (Lipinski definition) is 1. The third kappa shape index (κ3) is 4.14. The topological polar surface area (TPSA) is 60.0 Å². The molecule has 0 spiro atoms. The third-order valence-corrected chi connectivity index (χ3v) is 5.55. The van der Waals surface area contributed by atoms with Crippen LogP contribution in [0.25, 0.3) is 0 Å². The average molecular weight is 418 g/mol. The number of nitrogens with one attached hydrogen (secondary N) is 1. The lowest BCUT2D eigenvalue weighted by Crippen LogP contribution is -2.31. The predicted octanol–water partition coefficient (Wildman–Crippen LogP) is 4.53. The fraction of sp³-hybridized carbons (Fsp3) is 0.240. The van der Waals surface area contributed by atoms with Gasteiger partial charge in [-0.3, -0.25) is 4.79 Å². The number of carbonyl (C=O) groups is 1. The van der Waals surface area contributed by atoms with Gasteiger partial charge in [-0.05, 0) is 41.8 Å². The molecule has 0 aliphatic carbocycles. The molecule has 1 heterocycles. The van der Waals surface area contributed by atoms with Gasteiger partial charge in [-0.15, -0.1) is 0 Å². The van der Waals surface area contributed by atoms with Crippen LogP contribution in [0.4, 0.5) is 11.4 Å². The van der Waals surface area contributed by atoms with Crippen molar-refractivity contribution in [1.82, 2.24) is 0 Å². The molecule has 0 aromatic heterocycles. The Hall–Kier alpha value is -3.67. The van der Waals surface area contributed by atoms with E-state index in [1.165, 1.54) is 32.5 Å². The molecule has 0 bridgehead atoms. The van der Waals surface area contributed by atoms with Crippen LogP contribution in [-0.2, 0) is 13.0 Å². The summed E-state index contributed by atoms with van der Waals surface area (Å²) in [5, 5.41) is 3.06. The standard InChI is InChI=1S/C25H26N2O4/c1-29-22-14-19(15-23(30-2)24(22)31-3)25(28)26-20-10-6-7-11-21(20)27-13-12-17-8-4-5-9-18(17)16-27/h4-11,14-15H,12-13,16H2,1-3H3,(H,26,28). The highest BCUT2D eigenvalue weighted by molar-refractivity contribution is 6.06. The molecular formula is C25H26N2O4. The van der Waals surface area contributed by atoms with Gasteiger partial charge in [-0.1, -0.05) is 36.4 Å². The van der Waals surface area contributed by atoms with Gasteiger partial charge in [0.15, 0.2) is 11.5 Å². The summed E-state index contributed by atoms with van der Waals surface area (Å²) in [7, 11) is 4.60. The third-order valence-electron chi connectivity index (χ3n) is 5.55. The first-order valence-corrected chi connectivity index (χ1v) is 10.2. The molecule has 0 unspecified atom stereocenters. The maximum absolute atomic E-state index is 13.1. The van der Waals surface area contributed by atoms with Crippen LogP contribution in [0.3, 0.4) is 0 Å². The largest absolute Gasteiger partial charge is 0.493 e. The zero-order valence-corrected chi connectivity index (χ0v) is 18.0. The number of fused-ring (bicyclic) bond motifs is 1. The molecule has 3 aromatic carbocycles. The molecule has 1 N–H and O–H groups in total. The number of ether oxygens (including phenoxy) is 3. The fourth-order valence-electron chi connectivity index (χ4n) is 3.96. The van der Waals surface area contributed by atoms with E-state index < -0.39 is 0 Å². The van der Waals surface area contributed by atoms with E-state index in [2.05, 4.69) is 34.5 Å². The highest BCUT2D eigenvalue weighted by Crippen LogP contribution is 2.38. The van der Waals surface area contributed by atoms with Crippen LogP contribution in [0.2, 0.25) is 0 Å². The number of carbonyl (C=O) groups excluding carboxylic acids is 1. The normalized spacial score (nSPS) is 12.7. The SMILES string of the molecule is COc1cc(C(=O)Nc2ccccc2N2CCc3ccccc3C2)cc(OC)c1OC. The van der Waals surface area contributed by atoms with E-state index in [4.69, 9.17) is 14.2 Å². The van der Waals surface area contributed by atoms with Crippen LogP contribution < -0.4 is 24.4 Å². The summed E-state index contributed by atoms with van der Waals surface area (Å²) < 4.78 is 16.1. The van der Waals surface area contributed by atoms with Gasteiger partial charge in [-0.2, -0.15) is 0 Å². The van der Waals surface area contributed by atoms with Gasteiger partial charge in [0.1, 0.15) is 0 Å². The Kier molecular flexibility index (Phi) is 5.98. The molecule has 0 saturated heterocycles. The van der Waals surface area contributed by atoms with Crippen molar-refractivity contribution in [2.24, 2.45) is 0 Å². The Balaban J connectivity index is 1.61. The molecule has 0 atom stereocenters. The number of anilines is 2. The minimum atomic E-state index is -0.246. The highest BCUT2D eigenvalue weighted by Gasteiger charge is 2.21. The van der Waals surface area contributed by atoms with E-state index in [1.54, 1.807) is 12.1 Å². The summed E-state index contributed by atoms with van der Waals surface area (Å²) in [4.78, 5) is 15.4. The second-order valence-corrected chi connectivity index (χ2v) is 7.33. The van der Waals surface area contributed by atoms with Gasteiger partial charge in [0, 0.05) is 18.7 Å². The summed E-state index contributed by atoms with van der Waals surface area (Å²) in [6.07, 6.45) is 0.978. The highest BCUT2D eigenvalue weighted by atomic mass is 16.5. The van der Waals surface area contributed by atoms with Gasteiger partial charge in [0.2, 0.25) is 5.75 Å². The predicted molar refractivity (Wildman–Crippen MR) is 122 cm³/mol. The van der Waals surface area contributed by atoms with Crippen LogP contribution in [0.1, 0.15) is 21.5 Å². The zero-order valence-electron chi connectivity index (χ0n) is 18.0. The van der Waals surface area contributed by atoms with Gasteiger partial charge in [0.25, 0.3) is 5.91 Å². The van der Waals surface area contributed by atoms with Crippen molar-refractivity contribution in [3.05, 3.63) is 77.4 Å². The molecule has 0 radical (unpaired) electrons. The van der Waals surface area contributed by atoms with Gasteiger partial charge in [-0.25, -0.2) is 0 Å². The van der Waals surface area contributed by atoms with Crippen molar-refractivity contribution >= 4 is 17.3 Å². The Morgan fingerprint density at radius 2 is 1.52 bits per heavy atom. The van der Waals surface area contributed by atoms with E-state index in [1.807, 2.05) is 24.3 Å². The van der Waals surface area contributed by atoms with Gasteiger partial charge >= 0.3 is 0 Å². The number of hydrogen-bond acceptors (Lipinski definition) is 5. The molecule has 0 fully saturated rings. The van der Waals surface area contributed by atoms with Crippen molar-refractivity contribution in [1.29, 1.82) is 0 Å². The Bertz CT molecular complexity index is 1070. The Morgan fingerprint density at radius 3 is 2.19 bits per heavy atom. The number of rotatable bonds is 6. The molecule has 1 aliphatic heterocycles. The molecule has 160 valence electrons. The number of nitrogens with zero attached hydrogens (tertiary/aromatic N) is 1. The first-order chi connectivity index (χ1) is 15.1. The number of benzene rings is 3. The minimum Gasteiger partial charge on any atom is -0.493 e. The van der Waals surface area contributed by atoms with Crippen molar-refractivity contribution in [2.75, 3.05) is 38.1 Å². The number of amides is 1. The van der Waals surface area contributed by atoms with Crippen LogP contribution in [0.5, 0.6) is 17.2 Å². The molecule has 31 heavy (non-hydrogen) atoms. The zero-order chi connectivity index (χ0) is 21.8. The van der Waals surface area contributed by atoms with E-state index in [0.29, 0.717) is 22.8 Å². The minimum absolute atomic E-state index is 0.246. The van der Waals surface area contributed by atoms with Crippen molar-refractivity contribution in [3.63, 3.8) is 0 Å². The van der Waals surface area contributed by atoms with E-state index in [9.17, 15) is 4.79 Å². The van der Waals surface area contributed by atoms with E-state index in [-0.39, 0.29) is 5.91 Å². The maximum Gasteiger partial charge on any atom is 0.255 e. The van der Waals surface area contributed by atoms with Gasteiger partial charge < -0.3 is 24.4 Å². The fourth-order valence-corrected chi connectivity index (χ4v) is 3.96. The lowest BCUT2D eigenvalue weighted by atomic mass is 9.99. The summed E-state index contributed by atoms with van der Waals surface area (Å²) in [5.41, 5.74) is 4.89. The average Bonchev–Trinajstić information content (AvgIpc) is 2.83. The molecule has 3 aromatic rings. The van der Waals surface area contributed by atoms with Crippen molar-refractivity contribution in [3.8, 4) is 17.2 Å². The van der Waals surface area contributed by atoms with Crippen LogP contribution in [0.15, 0.2) is 60.7 Å². The Labute approximate surface area is 182 Å². The maximum atomic E-state index is 13.1. The van der Waals surface area contributed by atoms with Crippen molar-refractivity contribution < 1.29 is 19.0 Å². The first-order valence-electron chi connectivity index (χ1n) is 10.2. The second-order valence-electron chi connectivity index (χ2n) is 7.33. The quantitative estimate of drug-likeness (QED) is 0.637. The number of methoxy groups -OCH3 is 3. The van der Waals surface area contributed by atoms with Crippen LogP contribution in [-0.4, -0.2) is 33.8 Å². The molecule has 1 amide bonds. The molecule has 1 aliphatic rings. The van der Waals surface area contributed by atoms with E-state index in [0.717, 1.165) is 30.9 Å². The van der Waals surface area contributed by atoms with Crippen LogP contribution >= 0.6 is 0 Å². The summed E-state index contributed by atoms with van der Waals surface area (Å²) in [6, 6.07) is 19.7. The van der Waals surface area contributed by atoms with Crippen LogP contribution in [0, 0.1) is 0 Å². The number of para-hydroxylation sites is 2. The molecule has 0 saturated carbocycles. The summed E-state index contributed by atoms with van der Waals surface area (Å²) in [6.45, 7) is 1.71. The lowest BCUT2D eigenvalue weighted by molar-refractivity contribution is 0.102. The summed E-state index contributed by atoms with van der Waals surface area (Å²) in [5.74, 6) is 1.08. The first kappa shape index (κ1) is 20.6. The molecule has 4 rings (SSSR count). The molecule has 6 nitrogen and oxygen atoms in total. The summed E-state index contributed by atoms with van der Waals surface area (Å²) >= 11 is 0.